The lowest BCUT2D eigenvalue weighted by Gasteiger charge is -2.34. The van der Waals surface area contributed by atoms with E-state index in [1.54, 1.807) is 0 Å². The van der Waals surface area contributed by atoms with Crippen molar-refractivity contribution < 1.29 is 14.7 Å². The highest BCUT2D eigenvalue weighted by molar-refractivity contribution is 5.86. The van der Waals surface area contributed by atoms with E-state index >= 15 is 0 Å². The SMILES string of the molecule is CC(C)C(NC(=O)C1CCC1C(=O)O)c1ccccc1. The van der Waals surface area contributed by atoms with E-state index in [9.17, 15) is 9.59 Å². The number of benzene rings is 1. The maximum atomic E-state index is 12.3. The third kappa shape index (κ3) is 3.00. The molecule has 4 heteroatoms. The maximum absolute atomic E-state index is 12.3. The third-order valence-corrected chi connectivity index (χ3v) is 4.05. The minimum absolute atomic E-state index is 0.0706. The molecule has 1 saturated carbocycles. The van der Waals surface area contributed by atoms with Crippen molar-refractivity contribution in [2.24, 2.45) is 17.8 Å². The van der Waals surface area contributed by atoms with Crippen LogP contribution < -0.4 is 5.32 Å². The standard InChI is InChI=1S/C16H21NO3/c1-10(2)14(11-6-4-3-5-7-11)17-15(18)12-8-9-13(12)16(19)20/h3-7,10,12-14H,8-9H2,1-2H3,(H,17,18)(H,19,20). The summed E-state index contributed by atoms with van der Waals surface area (Å²) in [6.45, 7) is 4.10. The number of carboxylic acid groups (broad SMARTS) is 1. The molecule has 20 heavy (non-hydrogen) atoms. The Hall–Kier alpha value is -1.84. The number of hydrogen-bond acceptors (Lipinski definition) is 2. The molecular formula is C16H21NO3. The van der Waals surface area contributed by atoms with E-state index in [0.717, 1.165) is 5.56 Å². The lowest BCUT2D eigenvalue weighted by atomic mass is 9.73. The largest absolute Gasteiger partial charge is 0.481 e. The molecule has 2 N–H and O–H groups in total. The van der Waals surface area contributed by atoms with Gasteiger partial charge in [-0.05, 0) is 24.3 Å². The molecule has 1 aromatic rings. The molecule has 108 valence electrons. The van der Waals surface area contributed by atoms with E-state index in [0.29, 0.717) is 12.8 Å². The van der Waals surface area contributed by atoms with E-state index in [1.807, 2.05) is 44.2 Å². The van der Waals surface area contributed by atoms with Gasteiger partial charge < -0.3 is 10.4 Å². The fourth-order valence-corrected chi connectivity index (χ4v) is 2.66. The molecule has 3 atom stereocenters. The molecule has 0 spiro atoms. The van der Waals surface area contributed by atoms with E-state index in [1.165, 1.54) is 0 Å². The molecule has 0 bridgehead atoms. The van der Waals surface area contributed by atoms with Crippen molar-refractivity contribution in [3.8, 4) is 0 Å². The summed E-state index contributed by atoms with van der Waals surface area (Å²) in [5.41, 5.74) is 1.06. The molecule has 0 heterocycles. The highest BCUT2D eigenvalue weighted by Gasteiger charge is 2.42. The van der Waals surface area contributed by atoms with Crippen LogP contribution in [0.4, 0.5) is 0 Å². The van der Waals surface area contributed by atoms with Gasteiger partial charge in [-0.1, -0.05) is 44.2 Å². The number of carbonyl (C=O) groups is 2. The average molecular weight is 275 g/mol. The number of carbonyl (C=O) groups excluding carboxylic acids is 1. The van der Waals surface area contributed by atoms with Gasteiger partial charge >= 0.3 is 5.97 Å². The van der Waals surface area contributed by atoms with Crippen LogP contribution in [0.1, 0.15) is 38.3 Å². The van der Waals surface area contributed by atoms with E-state index in [2.05, 4.69) is 5.32 Å². The summed E-state index contributed by atoms with van der Waals surface area (Å²) in [4.78, 5) is 23.3. The molecule has 1 aliphatic carbocycles. The Labute approximate surface area is 119 Å². The number of rotatable bonds is 5. The second-order valence-corrected chi connectivity index (χ2v) is 5.77. The van der Waals surface area contributed by atoms with Crippen LogP contribution in [0, 0.1) is 17.8 Å². The highest BCUT2D eigenvalue weighted by atomic mass is 16.4. The highest BCUT2D eigenvalue weighted by Crippen LogP contribution is 2.35. The second kappa shape index (κ2) is 6.07. The predicted molar refractivity (Wildman–Crippen MR) is 76.0 cm³/mol. The molecule has 0 radical (unpaired) electrons. The smallest absolute Gasteiger partial charge is 0.307 e. The Balaban J connectivity index is 2.06. The summed E-state index contributed by atoms with van der Waals surface area (Å²) in [5, 5.41) is 12.1. The third-order valence-electron chi connectivity index (χ3n) is 4.05. The topological polar surface area (TPSA) is 66.4 Å². The van der Waals surface area contributed by atoms with Crippen molar-refractivity contribution in [3.63, 3.8) is 0 Å². The predicted octanol–water partition coefficient (Wildman–Crippen LogP) is 2.61. The Bertz CT molecular complexity index is 484. The number of carboxylic acids is 1. The van der Waals surface area contributed by atoms with Crippen molar-refractivity contribution in [2.75, 3.05) is 0 Å². The van der Waals surface area contributed by atoms with Gasteiger partial charge in [-0.25, -0.2) is 0 Å². The first-order chi connectivity index (χ1) is 9.50. The Morgan fingerprint density at radius 2 is 1.75 bits per heavy atom. The van der Waals surface area contributed by atoms with Gasteiger partial charge in [0.1, 0.15) is 0 Å². The van der Waals surface area contributed by atoms with Crippen LogP contribution in [0.5, 0.6) is 0 Å². The molecule has 1 aromatic carbocycles. The summed E-state index contributed by atoms with van der Waals surface area (Å²) in [5.74, 6) is -1.64. The van der Waals surface area contributed by atoms with Gasteiger partial charge in [-0.3, -0.25) is 9.59 Å². The molecule has 1 aliphatic rings. The first kappa shape index (κ1) is 14.6. The van der Waals surface area contributed by atoms with Crippen LogP contribution in [-0.4, -0.2) is 17.0 Å². The van der Waals surface area contributed by atoms with Gasteiger partial charge in [0.2, 0.25) is 5.91 Å². The fraction of sp³-hybridized carbons (Fsp3) is 0.500. The maximum Gasteiger partial charge on any atom is 0.307 e. The van der Waals surface area contributed by atoms with Crippen LogP contribution in [0.25, 0.3) is 0 Å². The molecule has 0 aromatic heterocycles. The zero-order chi connectivity index (χ0) is 14.7. The minimum atomic E-state index is -0.864. The molecular weight excluding hydrogens is 254 g/mol. The van der Waals surface area contributed by atoms with Crippen LogP contribution in [0.2, 0.25) is 0 Å². The molecule has 4 nitrogen and oxygen atoms in total. The van der Waals surface area contributed by atoms with E-state index in [4.69, 9.17) is 5.11 Å². The van der Waals surface area contributed by atoms with Crippen LogP contribution >= 0.6 is 0 Å². The molecule has 0 aliphatic heterocycles. The molecule has 1 fully saturated rings. The monoisotopic (exact) mass is 275 g/mol. The molecule has 3 unspecified atom stereocenters. The zero-order valence-corrected chi connectivity index (χ0v) is 11.9. The molecule has 2 rings (SSSR count). The average Bonchev–Trinajstić information content (AvgIpc) is 2.34. The number of amides is 1. The van der Waals surface area contributed by atoms with Gasteiger partial charge in [0.15, 0.2) is 0 Å². The fourth-order valence-electron chi connectivity index (χ4n) is 2.66. The molecule has 1 amide bonds. The summed E-state index contributed by atoms with van der Waals surface area (Å²) in [6, 6.07) is 9.73. The van der Waals surface area contributed by atoms with E-state index in [-0.39, 0.29) is 23.8 Å². The Kier molecular flexibility index (Phi) is 4.42. The van der Waals surface area contributed by atoms with Crippen LogP contribution in [0.3, 0.4) is 0 Å². The van der Waals surface area contributed by atoms with E-state index < -0.39 is 11.9 Å². The first-order valence-electron chi connectivity index (χ1n) is 7.09. The van der Waals surface area contributed by atoms with Gasteiger partial charge in [-0.2, -0.15) is 0 Å². The quantitative estimate of drug-likeness (QED) is 0.868. The zero-order valence-electron chi connectivity index (χ0n) is 11.9. The lowest BCUT2D eigenvalue weighted by Crippen LogP contribution is -2.45. The Morgan fingerprint density at radius 3 is 2.20 bits per heavy atom. The molecule has 0 saturated heterocycles. The van der Waals surface area contributed by atoms with Crippen molar-refractivity contribution in [2.45, 2.75) is 32.7 Å². The van der Waals surface area contributed by atoms with Gasteiger partial charge in [0.25, 0.3) is 0 Å². The first-order valence-corrected chi connectivity index (χ1v) is 7.09. The second-order valence-electron chi connectivity index (χ2n) is 5.77. The number of aliphatic carboxylic acids is 1. The van der Waals surface area contributed by atoms with Crippen LogP contribution in [-0.2, 0) is 9.59 Å². The summed E-state index contributed by atoms with van der Waals surface area (Å²) in [7, 11) is 0. The summed E-state index contributed by atoms with van der Waals surface area (Å²) >= 11 is 0. The summed E-state index contributed by atoms with van der Waals surface area (Å²) in [6.07, 6.45) is 1.27. The van der Waals surface area contributed by atoms with Crippen molar-refractivity contribution in [1.82, 2.24) is 5.32 Å². The minimum Gasteiger partial charge on any atom is -0.481 e. The lowest BCUT2D eigenvalue weighted by molar-refractivity contribution is -0.153. The number of nitrogens with one attached hydrogen (secondary N) is 1. The van der Waals surface area contributed by atoms with Crippen molar-refractivity contribution in [1.29, 1.82) is 0 Å². The van der Waals surface area contributed by atoms with Crippen LogP contribution in [0.15, 0.2) is 30.3 Å². The van der Waals surface area contributed by atoms with Gasteiger partial charge in [0.05, 0.1) is 17.9 Å². The summed E-state index contributed by atoms with van der Waals surface area (Å²) < 4.78 is 0. The Morgan fingerprint density at radius 1 is 1.15 bits per heavy atom. The number of hydrogen-bond donors (Lipinski definition) is 2. The normalized spacial score (nSPS) is 22.9. The van der Waals surface area contributed by atoms with Gasteiger partial charge in [0, 0.05) is 0 Å². The van der Waals surface area contributed by atoms with Crippen molar-refractivity contribution in [3.05, 3.63) is 35.9 Å². The van der Waals surface area contributed by atoms with Crippen molar-refractivity contribution >= 4 is 11.9 Å². The van der Waals surface area contributed by atoms with Gasteiger partial charge in [-0.15, -0.1) is 0 Å².